The summed E-state index contributed by atoms with van der Waals surface area (Å²) in [5.41, 5.74) is 3.87. The lowest BCUT2D eigenvalue weighted by atomic mass is 10.1. The number of carbonyl (C=O) groups excluding carboxylic acids is 1. The predicted octanol–water partition coefficient (Wildman–Crippen LogP) is -0.474. The predicted molar refractivity (Wildman–Crippen MR) is 88.2 cm³/mol. The van der Waals surface area contributed by atoms with Gasteiger partial charge in [-0.15, -0.1) is 0 Å². The van der Waals surface area contributed by atoms with Crippen molar-refractivity contribution < 1.29 is 33.3 Å². The third-order valence-electron chi connectivity index (χ3n) is 3.58. The molecule has 0 radical (unpaired) electrons. The van der Waals surface area contributed by atoms with Gasteiger partial charge < -0.3 is 34.3 Å². The maximum absolute atomic E-state index is 11.8. The molecule has 1 amide bonds. The fourth-order valence-electron chi connectivity index (χ4n) is 2.52. The van der Waals surface area contributed by atoms with Gasteiger partial charge in [0.15, 0.2) is 12.4 Å². The lowest BCUT2D eigenvalue weighted by Gasteiger charge is -1.99. The van der Waals surface area contributed by atoms with Gasteiger partial charge in [-0.3, -0.25) is 4.79 Å². The zero-order valence-electron chi connectivity index (χ0n) is 13.0. The molecule has 23 heavy (non-hydrogen) atoms. The Bertz CT molecular complexity index is 868. The van der Waals surface area contributed by atoms with E-state index in [4.69, 9.17) is 0 Å². The molecule has 0 atom stereocenters. The SMILES string of the molecule is CNC(=O)c1cc(/C=C/c2c[nH]c3ccccc23)c[n+](C)c1.[I-]. The van der Waals surface area contributed by atoms with Crippen molar-refractivity contribution in [3.8, 4) is 0 Å². The zero-order chi connectivity index (χ0) is 15.5. The fourth-order valence-corrected chi connectivity index (χ4v) is 2.52. The van der Waals surface area contributed by atoms with Gasteiger partial charge in [-0.2, -0.15) is 0 Å². The highest BCUT2D eigenvalue weighted by Crippen LogP contribution is 2.19. The summed E-state index contributed by atoms with van der Waals surface area (Å²) in [5, 5.41) is 3.83. The fraction of sp³-hybridized carbons (Fsp3) is 0.111. The molecule has 0 fully saturated rings. The Morgan fingerprint density at radius 1 is 1.22 bits per heavy atom. The second-order valence-electron chi connectivity index (χ2n) is 5.23. The van der Waals surface area contributed by atoms with Crippen molar-refractivity contribution in [3.63, 3.8) is 0 Å². The quantitative estimate of drug-likeness (QED) is 0.438. The molecule has 118 valence electrons. The van der Waals surface area contributed by atoms with Crippen LogP contribution in [0.1, 0.15) is 21.5 Å². The average Bonchev–Trinajstić information content (AvgIpc) is 2.95. The summed E-state index contributed by atoms with van der Waals surface area (Å²) in [4.78, 5) is 15.0. The zero-order valence-corrected chi connectivity index (χ0v) is 15.2. The van der Waals surface area contributed by atoms with Gasteiger partial charge in [0.25, 0.3) is 5.91 Å². The molecule has 0 spiro atoms. The number of rotatable bonds is 3. The van der Waals surface area contributed by atoms with Crippen molar-refractivity contribution in [2.75, 3.05) is 7.05 Å². The van der Waals surface area contributed by atoms with Crippen molar-refractivity contribution in [1.82, 2.24) is 10.3 Å². The number of hydrogen-bond acceptors (Lipinski definition) is 1. The molecule has 5 heteroatoms. The number of hydrogen-bond donors (Lipinski definition) is 2. The largest absolute Gasteiger partial charge is 1.00 e. The molecular formula is C18H18IN3O. The van der Waals surface area contributed by atoms with Crippen molar-refractivity contribution in [2.45, 2.75) is 0 Å². The van der Waals surface area contributed by atoms with Crippen LogP contribution in [-0.4, -0.2) is 17.9 Å². The first-order valence-electron chi connectivity index (χ1n) is 7.14. The Morgan fingerprint density at radius 3 is 2.78 bits per heavy atom. The highest BCUT2D eigenvalue weighted by Gasteiger charge is 2.09. The molecule has 2 aromatic heterocycles. The summed E-state index contributed by atoms with van der Waals surface area (Å²) in [6.45, 7) is 0. The Morgan fingerprint density at radius 2 is 2.00 bits per heavy atom. The standard InChI is InChI=1S/C18H17N3O.HI/c1-19-18(22)15-9-13(11-21(2)12-15)7-8-14-10-20-17-6-4-3-5-16(14)17;/h3-12,20H,1-2H3;1H/b8-7+;. The van der Waals surface area contributed by atoms with Crippen LogP contribution in [0.5, 0.6) is 0 Å². The van der Waals surface area contributed by atoms with E-state index in [1.807, 2.05) is 54.5 Å². The Balaban J connectivity index is 0.00000192. The van der Waals surface area contributed by atoms with Crippen molar-refractivity contribution in [3.05, 3.63) is 65.6 Å². The number of pyridine rings is 1. The second-order valence-corrected chi connectivity index (χ2v) is 5.23. The molecule has 1 aromatic carbocycles. The number of nitrogens with one attached hydrogen (secondary N) is 2. The Hall–Kier alpha value is -2.15. The van der Waals surface area contributed by atoms with Crippen molar-refractivity contribution in [2.24, 2.45) is 7.05 Å². The molecule has 0 bridgehead atoms. The van der Waals surface area contributed by atoms with Crippen LogP contribution in [0.2, 0.25) is 0 Å². The van der Waals surface area contributed by atoms with Gasteiger partial charge in [0, 0.05) is 29.7 Å². The van der Waals surface area contributed by atoms with Crippen LogP contribution in [0.3, 0.4) is 0 Å². The van der Waals surface area contributed by atoms with Gasteiger partial charge in [0.2, 0.25) is 0 Å². The first-order valence-corrected chi connectivity index (χ1v) is 7.14. The summed E-state index contributed by atoms with van der Waals surface area (Å²) >= 11 is 0. The van der Waals surface area contributed by atoms with Gasteiger partial charge in [0.1, 0.15) is 12.6 Å². The van der Waals surface area contributed by atoms with E-state index in [0.717, 1.165) is 16.6 Å². The van der Waals surface area contributed by atoms with Gasteiger partial charge >= 0.3 is 0 Å². The second kappa shape index (κ2) is 7.41. The normalized spacial score (nSPS) is 10.7. The monoisotopic (exact) mass is 419 g/mol. The Kier molecular flexibility index (Phi) is 5.54. The number of H-pyrrole nitrogens is 1. The van der Waals surface area contributed by atoms with Crippen LogP contribution in [0.4, 0.5) is 0 Å². The first-order chi connectivity index (χ1) is 10.7. The number of amides is 1. The molecule has 0 saturated heterocycles. The first kappa shape index (κ1) is 17.2. The van der Waals surface area contributed by atoms with Gasteiger partial charge in [0.05, 0.1) is 0 Å². The molecular weight excluding hydrogens is 401 g/mol. The maximum Gasteiger partial charge on any atom is 0.257 e. The smallest absolute Gasteiger partial charge is 0.257 e. The molecule has 0 aliphatic carbocycles. The van der Waals surface area contributed by atoms with E-state index in [9.17, 15) is 4.79 Å². The van der Waals surface area contributed by atoms with E-state index in [1.165, 1.54) is 5.39 Å². The lowest BCUT2D eigenvalue weighted by Crippen LogP contribution is -3.00. The third-order valence-corrected chi connectivity index (χ3v) is 3.58. The molecule has 0 aliphatic heterocycles. The number of aromatic amines is 1. The van der Waals surface area contributed by atoms with E-state index in [1.54, 1.807) is 7.05 Å². The average molecular weight is 419 g/mol. The number of para-hydroxylation sites is 1. The van der Waals surface area contributed by atoms with Crippen LogP contribution in [0.15, 0.2) is 48.9 Å². The summed E-state index contributed by atoms with van der Waals surface area (Å²) in [6.07, 6.45) is 9.85. The number of benzene rings is 1. The van der Waals surface area contributed by atoms with E-state index >= 15 is 0 Å². The molecule has 3 aromatic rings. The van der Waals surface area contributed by atoms with Crippen molar-refractivity contribution >= 4 is 29.0 Å². The third kappa shape index (κ3) is 3.79. The number of aromatic nitrogens is 2. The number of carbonyl (C=O) groups is 1. The molecule has 2 N–H and O–H groups in total. The van der Waals surface area contributed by atoms with E-state index in [0.29, 0.717) is 5.56 Å². The number of aryl methyl sites for hydroxylation is 1. The molecule has 0 unspecified atom stereocenters. The van der Waals surface area contributed by atoms with Gasteiger partial charge in [-0.05, 0) is 23.8 Å². The van der Waals surface area contributed by atoms with Crippen LogP contribution < -0.4 is 33.9 Å². The maximum atomic E-state index is 11.8. The number of fused-ring (bicyclic) bond motifs is 1. The minimum atomic E-state index is -0.0852. The lowest BCUT2D eigenvalue weighted by molar-refractivity contribution is -0.671. The Labute approximate surface area is 152 Å². The van der Waals surface area contributed by atoms with E-state index in [-0.39, 0.29) is 29.9 Å². The summed E-state index contributed by atoms with van der Waals surface area (Å²) in [7, 11) is 3.55. The minimum Gasteiger partial charge on any atom is -1.00 e. The highest BCUT2D eigenvalue weighted by atomic mass is 127. The van der Waals surface area contributed by atoms with Gasteiger partial charge in [-0.1, -0.05) is 24.3 Å². The number of halogens is 1. The van der Waals surface area contributed by atoms with Crippen LogP contribution in [0.25, 0.3) is 23.1 Å². The van der Waals surface area contributed by atoms with E-state index < -0.39 is 0 Å². The van der Waals surface area contributed by atoms with Crippen LogP contribution in [0, 0.1) is 0 Å². The van der Waals surface area contributed by atoms with Crippen LogP contribution >= 0.6 is 0 Å². The summed E-state index contributed by atoms with van der Waals surface area (Å²) in [5.74, 6) is -0.0852. The molecule has 3 rings (SSSR count). The minimum absolute atomic E-state index is 0. The highest BCUT2D eigenvalue weighted by molar-refractivity contribution is 5.95. The van der Waals surface area contributed by atoms with E-state index in [2.05, 4.69) is 28.5 Å². The molecule has 0 saturated carbocycles. The topological polar surface area (TPSA) is 48.8 Å². The summed E-state index contributed by atoms with van der Waals surface area (Å²) in [6, 6.07) is 10.1. The van der Waals surface area contributed by atoms with Crippen LogP contribution in [-0.2, 0) is 7.05 Å². The summed E-state index contributed by atoms with van der Waals surface area (Å²) < 4.78 is 1.89. The molecule has 0 aliphatic rings. The van der Waals surface area contributed by atoms with Gasteiger partial charge in [-0.25, -0.2) is 4.57 Å². The molecule has 4 nitrogen and oxygen atoms in total. The molecule has 2 heterocycles. The van der Waals surface area contributed by atoms with Crippen molar-refractivity contribution in [1.29, 1.82) is 0 Å². The number of nitrogens with zero attached hydrogens (tertiary/aromatic N) is 1.